The first-order chi connectivity index (χ1) is 6.56. The van der Waals surface area contributed by atoms with Crippen LogP contribution in [0.1, 0.15) is 39.5 Å². The van der Waals surface area contributed by atoms with Crippen LogP contribution >= 0.6 is 0 Å². The zero-order chi connectivity index (χ0) is 10.7. The van der Waals surface area contributed by atoms with E-state index in [0.29, 0.717) is 0 Å². The summed E-state index contributed by atoms with van der Waals surface area (Å²) in [7, 11) is 0. The Morgan fingerprint density at radius 3 is 2.86 bits per heavy atom. The average Bonchev–Trinajstić information content (AvgIpc) is 2.17. The zero-order valence-corrected chi connectivity index (χ0v) is 9.12. The molecule has 3 atom stereocenters. The Morgan fingerprint density at radius 1 is 1.71 bits per heavy atom. The third-order valence-electron chi connectivity index (χ3n) is 3.33. The quantitative estimate of drug-likeness (QED) is 0.703. The summed E-state index contributed by atoms with van der Waals surface area (Å²) >= 11 is 0. The lowest BCUT2D eigenvalue weighted by molar-refractivity contribution is -0.122. The summed E-state index contributed by atoms with van der Waals surface area (Å²) in [6.07, 6.45) is 3.04. The van der Waals surface area contributed by atoms with E-state index in [0.717, 1.165) is 31.3 Å². The SMILES string of the molecule is C=C1CC[C@H](C(C)=O)C[C@@H]1[C@@H](O)CC. The number of carbonyl (C=O) groups excluding carboxylic acids is 1. The van der Waals surface area contributed by atoms with Gasteiger partial charge in [0.2, 0.25) is 0 Å². The summed E-state index contributed by atoms with van der Waals surface area (Å²) < 4.78 is 0. The fourth-order valence-corrected chi connectivity index (χ4v) is 2.22. The molecule has 0 aromatic carbocycles. The molecular weight excluding hydrogens is 176 g/mol. The molecule has 2 nitrogen and oxygen atoms in total. The maximum atomic E-state index is 11.3. The number of ketones is 1. The van der Waals surface area contributed by atoms with Crippen molar-refractivity contribution in [2.75, 3.05) is 0 Å². The molecule has 0 bridgehead atoms. The molecule has 1 rings (SSSR count). The summed E-state index contributed by atoms with van der Waals surface area (Å²) in [6, 6.07) is 0. The first-order valence-electron chi connectivity index (χ1n) is 5.42. The second-order valence-electron chi connectivity index (χ2n) is 4.32. The van der Waals surface area contributed by atoms with E-state index in [9.17, 15) is 9.90 Å². The maximum Gasteiger partial charge on any atom is 0.132 e. The first kappa shape index (κ1) is 11.4. The van der Waals surface area contributed by atoms with Gasteiger partial charge in [0.15, 0.2) is 0 Å². The van der Waals surface area contributed by atoms with Gasteiger partial charge in [0.25, 0.3) is 0 Å². The van der Waals surface area contributed by atoms with Gasteiger partial charge in [-0.2, -0.15) is 0 Å². The molecule has 2 heteroatoms. The lowest BCUT2D eigenvalue weighted by atomic mass is 9.74. The molecule has 0 heterocycles. The highest BCUT2D eigenvalue weighted by Gasteiger charge is 2.30. The number of hydrogen-bond donors (Lipinski definition) is 1. The van der Waals surface area contributed by atoms with Gasteiger partial charge in [0.05, 0.1) is 6.10 Å². The second-order valence-corrected chi connectivity index (χ2v) is 4.32. The van der Waals surface area contributed by atoms with E-state index in [1.807, 2.05) is 6.92 Å². The Bertz CT molecular complexity index is 232. The predicted molar refractivity (Wildman–Crippen MR) is 56.9 cm³/mol. The van der Waals surface area contributed by atoms with Gasteiger partial charge in [-0.25, -0.2) is 0 Å². The number of aliphatic hydroxyl groups is 1. The molecule has 1 aliphatic rings. The Balaban J connectivity index is 2.64. The van der Waals surface area contributed by atoms with Crippen molar-refractivity contribution in [2.24, 2.45) is 11.8 Å². The minimum atomic E-state index is -0.315. The third kappa shape index (κ3) is 2.44. The molecule has 1 fully saturated rings. The van der Waals surface area contributed by atoms with Crippen LogP contribution < -0.4 is 0 Å². The van der Waals surface area contributed by atoms with Gasteiger partial charge in [-0.15, -0.1) is 0 Å². The molecule has 1 saturated carbocycles. The molecule has 0 spiro atoms. The molecular formula is C12H20O2. The topological polar surface area (TPSA) is 37.3 Å². The summed E-state index contributed by atoms with van der Waals surface area (Å²) in [5.74, 6) is 0.542. The minimum absolute atomic E-state index is 0.141. The smallest absolute Gasteiger partial charge is 0.132 e. The van der Waals surface area contributed by atoms with Crippen LogP contribution in [-0.4, -0.2) is 17.0 Å². The molecule has 0 aromatic heterocycles. The van der Waals surface area contributed by atoms with Crippen LogP contribution in [0, 0.1) is 11.8 Å². The van der Waals surface area contributed by atoms with Crippen molar-refractivity contribution in [3.63, 3.8) is 0 Å². The molecule has 0 aromatic rings. The average molecular weight is 196 g/mol. The Kier molecular flexibility index (Phi) is 3.87. The van der Waals surface area contributed by atoms with Crippen LogP contribution in [0.15, 0.2) is 12.2 Å². The van der Waals surface area contributed by atoms with Gasteiger partial charge in [-0.05, 0) is 32.6 Å². The van der Waals surface area contributed by atoms with Crippen molar-refractivity contribution in [1.82, 2.24) is 0 Å². The highest BCUT2D eigenvalue weighted by Crippen LogP contribution is 2.35. The monoisotopic (exact) mass is 196 g/mol. The lowest BCUT2D eigenvalue weighted by Gasteiger charge is -2.32. The molecule has 1 aliphatic carbocycles. The van der Waals surface area contributed by atoms with Crippen LogP contribution in [0.25, 0.3) is 0 Å². The molecule has 0 amide bonds. The van der Waals surface area contributed by atoms with Crippen molar-refractivity contribution < 1.29 is 9.90 Å². The standard InChI is InChI=1S/C12H20O2/c1-4-12(14)11-7-10(9(3)13)6-5-8(11)2/h10-12,14H,2,4-7H2,1,3H3/t10-,11-,12-/m0/s1. The highest BCUT2D eigenvalue weighted by atomic mass is 16.3. The summed E-state index contributed by atoms with van der Waals surface area (Å²) in [6.45, 7) is 7.60. The summed E-state index contributed by atoms with van der Waals surface area (Å²) in [5, 5.41) is 9.78. The van der Waals surface area contributed by atoms with E-state index in [1.165, 1.54) is 0 Å². The molecule has 0 radical (unpaired) electrons. The van der Waals surface area contributed by atoms with E-state index in [-0.39, 0.29) is 23.7 Å². The van der Waals surface area contributed by atoms with Crippen molar-refractivity contribution in [1.29, 1.82) is 0 Å². The Morgan fingerprint density at radius 2 is 2.36 bits per heavy atom. The van der Waals surface area contributed by atoms with Crippen molar-refractivity contribution in [3.05, 3.63) is 12.2 Å². The van der Waals surface area contributed by atoms with E-state index < -0.39 is 0 Å². The normalized spacial score (nSPS) is 30.1. The zero-order valence-electron chi connectivity index (χ0n) is 9.12. The Labute approximate surface area is 86.0 Å². The van der Waals surface area contributed by atoms with Gasteiger partial charge in [0, 0.05) is 11.8 Å². The maximum absolute atomic E-state index is 11.3. The lowest BCUT2D eigenvalue weighted by Crippen LogP contribution is -2.30. The van der Waals surface area contributed by atoms with Crippen LogP contribution in [0.3, 0.4) is 0 Å². The molecule has 0 unspecified atom stereocenters. The van der Waals surface area contributed by atoms with Crippen LogP contribution in [-0.2, 0) is 4.79 Å². The van der Waals surface area contributed by atoms with E-state index in [2.05, 4.69) is 6.58 Å². The van der Waals surface area contributed by atoms with Crippen molar-refractivity contribution >= 4 is 5.78 Å². The fourth-order valence-electron chi connectivity index (χ4n) is 2.22. The van der Waals surface area contributed by atoms with Crippen molar-refractivity contribution in [2.45, 2.75) is 45.6 Å². The fraction of sp³-hybridized carbons (Fsp3) is 0.750. The number of rotatable bonds is 3. The third-order valence-corrected chi connectivity index (χ3v) is 3.33. The Hall–Kier alpha value is -0.630. The minimum Gasteiger partial charge on any atom is -0.393 e. The van der Waals surface area contributed by atoms with E-state index in [4.69, 9.17) is 0 Å². The number of Topliss-reactive ketones (excluding diaryl/α,β-unsaturated/α-hetero) is 1. The van der Waals surface area contributed by atoms with Gasteiger partial charge in [-0.1, -0.05) is 19.1 Å². The van der Waals surface area contributed by atoms with Gasteiger partial charge in [0.1, 0.15) is 5.78 Å². The van der Waals surface area contributed by atoms with Crippen LogP contribution in [0.5, 0.6) is 0 Å². The van der Waals surface area contributed by atoms with Crippen LogP contribution in [0.4, 0.5) is 0 Å². The predicted octanol–water partition coefficient (Wildman–Crippen LogP) is 2.32. The molecule has 1 N–H and O–H groups in total. The summed E-state index contributed by atoms with van der Waals surface area (Å²) in [5.41, 5.74) is 1.12. The van der Waals surface area contributed by atoms with E-state index >= 15 is 0 Å². The number of aliphatic hydroxyl groups excluding tert-OH is 1. The largest absolute Gasteiger partial charge is 0.393 e. The molecule has 80 valence electrons. The van der Waals surface area contributed by atoms with Crippen molar-refractivity contribution in [3.8, 4) is 0 Å². The molecule has 0 aliphatic heterocycles. The van der Waals surface area contributed by atoms with Gasteiger partial charge in [-0.3, -0.25) is 4.79 Å². The number of carbonyl (C=O) groups is 1. The highest BCUT2D eigenvalue weighted by molar-refractivity contribution is 5.78. The second kappa shape index (κ2) is 4.74. The van der Waals surface area contributed by atoms with Gasteiger partial charge < -0.3 is 5.11 Å². The number of hydrogen-bond acceptors (Lipinski definition) is 2. The molecule has 0 saturated heterocycles. The summed E-state index contributed by atoms with van der Waals surface area (Å²) in [4.78, 5) is 11.3. The van der Waals surface area contributed by atoms with E-state index in [1.54, 1.807) is 6.92 Å². The van der Waals surface area contributed by atoms with Crippen LogP contribution in [0.2, 0.25) is 0 Å². The van der Waals surface area contributed by atoms with Gasteiger partial charge >= 0.3 is 0 Å². The first-order valence-corrected chi connectivity index (χ1v) is 5.42. The molecule has 14 heavy (non-hydrogen) atoms.